The highest BCUT2D eigenvalue weighted by Gasteiger charge is 2.06. The number of nitrogens with one attached hydrogen (secondary N) is 2. The largest absolute Gasteiger partial charge is 0.396 e. The highest BCUT2D eigenvalue weighted by molar-refractivity contribution is 6.35. The van der Waals surface area contributed by atoms with Crippen molar-refractivity contribution in [2.45, 2.75) is 6.54 Å². The molecule has 0 aliphatic rings. The van der Waals surface area contributed by atoms with Gasteiger partial charge in [0, 0.05) is 17.8 Å². The fraction of sp³-hybridized carbons (Fsp3) is 0.167. The van der Waals surface area contributed by atoms with Gasteiger partial charge in [-0.25, -0.2) is 4.79 Å². The third-order valence-corrected chi connectivity index (χ3v) is 3.02. The van der Waals surface area contributed by atoms with E-state index in [9.17, 15) is 4.79 Å². The lowest BCUT2D eigenvalue weighted by molar-refractivity contribution is 0.251. The molecular formula is C12H13Cl2N5O. The number of urea groups is 1. The Balaban J connectivity index is 1.82. The Hall–Kier alpha value is -1.92. The third-order valence-electron chi connectivity index (χ3n) is 2.46. The van der Waals surface area contributed by atoms with Crippen LogP contribution in [0.4, 0.5) is 16.2 Å². The lowest BCUT2D eigenvalue weighted by atomic mass is 10.3. The Morgan fingerprint density at radius 3 is 2.90 bits per heavy atom. The first-order chi connectivity index (χ1) is 9.54. The predicted molar refractivity (Wildman–Crippen MR) is 80.1 cm³/mol. The van der Waals surface area contributed by atoms with Crippen LogP contribution in [0.5, 0.6) is 0 Å². The van der Waals surface area contributed by atoms with E-state index < -0.39 is 0 Å². The number of hydrogen-bond acceptors (Lipinski definition) is 3. The lowest BCUT2D eigenvalue weighted by Crippen LogP contribution is -2.31. The Bertz CT molecular complexity index is 614. The minimum atomic E-state index is -0.366. The summed E-state index contributed by atoms with van der Waals surface area (Å²) in [6, 6.07) is 4.48. The Kier molecular flexibility index (Phi) is 4.70. The fourth-order valence-electron chi connectivity index (χ4n) is 1.55. The second-order valence-corrected chi connectivity index (χ2v) is 4.89. The van der Waals surface area contributed by atoms with Crippen LogP contribution in [0.15, 0.2) is 30.6 Å². The topological polar surface area (TPSA) is 85.0 Å². The summed E-state index contributed by atoms with van der Waals surface area (Å²) in [5.74, 6) is 0. The van der Waals surface area contributed by atoms with Crippen molar-refractivity contribution >= 4 is 40.6 Å². The molecule has 0 unspecified atom stereocenters. The molecule has 0 fully saturated rings. The van der Waals surface area contributed by atoms with Gasteiger partial charge >= 0.3 is 6.03 Å². The van der Waals surface area contributed by atoms with Crippen LogP contribution < -0.4 is 16.4 Å². The molecule has 2 rings (SSSR count). The van der Waals surface area contributed by atoms with E-state index in [1.165, 1.54) is 0 Å². The quantitative estimate of drug-likeness (QED) is 0.811. The van der Waals surface area contributed by atoms with Gasteiger partial charge in [0.2, 0.25) is 0 Å². The van der Waals surface area contributed by atoms with E-state index in [0.717, 1.165) is 0 Å². The SMILES string of the molecule is Nc1cnn(CCNC(=O)Nc2cc(Cl)ccc2Cl)c1. The van der Waals surface area contributed by atoms with Gasteiger partial charge in [0.15, 0.2) is 0 Å². The molecule has 0 radical (unpaired) electrons. The van der Waals surface area contributed by atoms with Crippen molar-refractivity contribution in [3.8, 4) is 0 Å². The van der Waals surface area contributed by atoms with Crippen LogP contribution in [0.3, 0.4) is 0 Å². The summed E-state index contributed by atoms with van der Waals surface area (Å²) in [5, 5.41) is 10.2. The van der Waals surface area contributed by atoms with Crippen LogP contribution in [0.25, 0.3) is 0 Å². The second kappa shape index (κ2) is 6.49. The minimum absolute atomic E-state index is 0.366. The standard InChI is InChI=1S/C12H13Cl2N5O/c13-8-1-2-10(14)11(5-8)18-12(20)16-3-4-19-7-9(15)6-17-19/h1-2,5-7H,3-4,15H2,(H2,16,18,20). The van der Waals surface area contributed by atoms with Crippen molar-refractivity contribution < 1.29 is 4.79 Å². The molecule has 2 aromatic rings. The minimum Gasteiger partial charge on any atom is -0.396 e. The second-order valence-electron chi connectivity index (χ2n) is 4.04. The lowest BCUT2D eigenvalue weighted by Gasteiger charge is -2.09. The van der Waals surface area contributed by atoms with Crippen LogP contribution in [-0.4, -0.2) is 22.4 Å². The Morgan fingerprint density at radius 2 is 2.20 bits per heavy atom. The zero-order valence-corrected chi connectivity index (χ0v) is 11.9. The van der Waals surface area contributed by atoms with Gasteiger partial charge in [-0.3, -0.25) is 4.68 Å². The highest BCUT2D eigenvalue weighted by Crippen LogP contribution is 2.25. The number of nitrogens with two attached hydrogens (primary N) is 1. The number of nitrogen functional groups attached to an aromatic ring is 1. The first-order valence-corrected chi connectivity index (χ1v) is 6.58. The van der Waals surface area contributed by atoms with Crippen LogP contribution in [0.2, 0.25) is 10.0 Å². The molecule has 0 aliphatic heterocycles. The number of nitrogens with zero attached hydrogens (tertiary/aromatic N) is 2. The van der Waals surface area contributed by atoms with Gasteiger partial charge in [0.1, 0.15) is 0 Å². The van der Waals surface area contributed by atoms with Crippen molar-refractivity contribution in [2.24, 2.45) is 0 Å². The monoisotopic (exact) mass is 313 g/mol. The maximum atomic E-state index is 11.7. The molecule has 20 heavy (non-hydrogen) atoms. The van der Waals surface area contributed by atoms with E-state index in [1.807, 2.05) is 0 Å². The summed E-state index contributed by atoms with van der Waals surface area (Å²) in [7, 11) is 0. The summed E-state index contributed by atoms with van der Waals surface area (Å²) in [6.07, 6.45) is 3.24. The van der Waals surface area contributed by atoms with Crippen LogP contribution in [-0.2, 0) is 6.54 Å². The summed E-state index contributed by atoms with van der Waals surface area (Å²) >= 11 is 11.8. The number of benzene rings is 1. The molecule has 4 N–H and O–H groups in total. The number of hydrogen-bond donors (Lipinski definition) is 3. The van der Waals surface area contributed by atoms with Crippen LogP contribution >= 0.6 is 23.2 Å². The summed E-state index contributed by atoms with van der Waals surface area (Å²) in [4.78, 5) is 11.7. The van der Waals surface area contributed by atoms with Gasteiger partial charge < -0.3 is 16.4 Å². The zero-order valence-electron chi connectivity index (χ0n) is 10.4. The van der Waals surface area contributed by atoms with Crippen LogP contribution in [0, 0.1) is 0 Å². The number of rotatable bonds is 4. The molecule has 6 nitrogen and oxygen atoms in total. The maximum absolute atomic E-state index is 11.7. The number of amides is 2. The van der Waals surface area contributed by atoms with E-state index in [1.54, 1.807) is 35.3 Å². The molecule has 0 bridgehead atoms. The molecule has 0 aliphatic carbocycles. The Labute approximate surface area is 125 Å². The average molecular weight is 314 g/mol. The molecule has 0 spiro atoms. The molecule has 2 amide bonds. The number of anilines is 2. The number of aromatic nitrogens is 2. The summed E-state index contributed by atoms with van der Waals surface area (Å²) < 4.78 is 1.64. The third kappa shape index (κ3) is 4.04. The molecule has 8 heteroatoms. The van der Waals surface area contributed by atoms with Gasteiger partial charge in [0.05, 0.1) is 29.1 Å². The highest BCUT2D eigenvalue weighted by atomic mass is 35.5. The Morgan fingerprint density at radius 1 is 1.40 bits per heavy atom. The van der Waals surface area contributed by atoms with Crippen LogP contribution in [0.1, 0.15) is 0 Å². The molecular weight excluding hydrogens is 301 g/mol. The number of carbonyl (C=O) groups is 1. The van der Waals surface area contributed by atoms with Crippen molar-refractivity contribution in [3.63, 3.8) is 0 Å². The van der Waals surface area contributed by atoms with Gasteiger partial charge in [0.25, 0.3) is 0 Å². The smallest absolute Gasteiger partial charge is 0.319 e. The van der Waals surface area contributed by atoms with Crippen molar-refractivity contribution in [2.75, 3.05) is 17.6 Å². The van der Waals surface area contributed by atoms with Crippen molar-refractivity contribution in [1.29, 1.82) is 0 Å². The molecule has 106 valence electrons. The van der Waals surface area contributed by atoms with Gasteiger partial charge in [-0.1, -0.05) is 23.2 Å². The van der Waals surface area contributed by atoms with E-state index >= 15 is 0 Å². The van der Waals surface area contributed by atoms with E-state index in [4.69, 9.17) is 28.9 Å². The predicted octanol–water partition coefficient (Wildman–Crippen LogP) is 2.59. The molecule has 0 saturated heterocycles. The van der Waals surface area contributed by atoms with E-state index in [0.29, 0.717) is 34.5 Å². The normalized spacial score (nSPS) is 10.3. The number of halogens is 2. The zero-order chi connectivity index (χ0) is 14.5. The van der Waals surface area contributed by atoms with E-state index in [2.05, 4.69) is 15.7 Å². The molecule has 1 aromatic heterocycles. The molecule has 0 saturated carbocycles. The van der Waals surface area contributed by atoms with Gasteiger partial charge in [-0.2, -0.15) is 5.10 Å². The maximum Gasteiger partial charge on any atom is 0.319 e. The first-order valence-electron chi connectivity index (χ1n) is 5.82. The van der Waals surface area contributed by atoms with E-state index in [-0.39, 0.29) is 6.03 Å². The van der Waals surface area contributed by atoms with Gasteiger partial charge in [-0.15, -0.1) is 0 Å². The number of carbonyl (C=O) groups excluding carboxylic acids is 1. The summed E-state index contributed by atoms with van der Waals surface area (Å²) in [5.41, 5.74) is 6.57. The molecule has 1 aromatic carbocycles. The molecule has 0 atom stereocenters. The molecule has 1 heterocycles. The van der Waals surface area contributed by atoms with Crippen molar-refractivity contribution in [3.05, 3.63) is 40.6 Å². The fourth-order valence-corrected chi connectivity index (χ4v) is 1.88. The van der Waals surface area contributed by atoms with Crippen molar-refractivity contribution in [1.82, 2.24) is 15.1 Å². The summed E-state index contributed by atoms with van der Waals surface area (Å²) in [6.45, 7) is 0.930. The average Bonchev–Trinajstić information content (AvgIpc) is 2.80. The first kappa shape index (κ1) is 14.5. The van der Waals surface area contributed by atoms with Gasteiger partial charge in [-0.05, 0) is 18.2 Å².